The number of hydrogen-bond donors (Lipinski definition) is 2. The molecule has 3 N–H and O–H groups in total. The Bertz CT molecular complexity index is 361. The van der Waals surface area contributed by atoms with Crippen molar-refractivity contribution in [1.29, 1.82) is 0 Å². The van der Waals surface area contributed by atoms with E-state index in [0.717, 1.165) is 16.7 Å². The number of phenolic OH excluding ortho intramolecular Hbond substituents is 1. The lowest BCUT2D eigenvalue weighted by molar-refractivity contribution is 0.370. The number of methoxy groups -OCH3 is 1. The van der Waals surface area contributed by atoms with Crippen molar-refractivity contribution >= 4 is 0 Å². The highest BCUT2D eigenvalue weighted by atomic mass is 16.5. The molecule has 0 bridgehead atoms. The third kappa shape index (κ3) is 2.07. The first-order chi connectivity index (χ1) is 7.02. The molecule has 0 saturated heterocycles. The fourth-order valence-corrected chi connectivity index (χ4v) is 1.69. The molecule has 0 spiro atoms. The van der Waals surface area contributed by atoms with Crippen LogP contribution in [0.3, 0.4) is 0 Å². The largest absolute Gasteiger partial charge is 0.504 e. The molecule has 1 unspecified atom stereocenters. The normalized spacial score (nSPS) is 12.6. The molecule has 1 aromatic rings. The van der Waals surface area contributed by atoms with E-state index in [0.29, 0.717) is 12.3 Å². The number of hydrogen-bond acceptors (Lipinski definition) is 3. The van der Waals surface area contributed by atoms with Crippen LogP contribution in [-0.2, 0) is 0 Å². The molecule has 3 nitrogen and oxygen atoms in total. The summed E-state index contributed by atoms with van der Waals surface area (Å²) in [6, 6.07) is 1.87. The summed E-state index contributed by atoms with van der Waals surface area (Å²) in [6.07, 6.45) is 0. The highest BCUT2D eigenvalue weighted by Crippen LogP contribution is 2.36. The predicted molar refractivity (Wildman–Crippen MR) is 61.6 cm³/mol. The number of benzene rings is 1. The van der Waals surface area contributed by atoms with Crippen LogP contribution in [-0.4, -0.2) is 18.8 Å². The SMILES string of the molecule is COc1cc(C(C)CN)c(C)c(C)c1O. The zero-order valence-corrected chi connectivity index (χ0v) is 9.79. The lowest BCUT2D eigenvalue weighted by Gasteiger charge is -2.17. The van der Waals surface area contributed by atoms with Gasteiger partial charge in [-0.05, 0) is 49.1 Å². The summed E-state index contributed by atoms with van der Waals surface area (Å²) in [7, 11) is 1.56. The highest BCUT2D eigenvalue weighted by molar-refractivity contribution is 5.53. The molecule has 0 aromatic heterocycles. The van der Waals surface area contributed by atoms with Gasteiger partial charge in [0.05, 0.1) is 7.11 Å². The summed E-state index contributed by atoms with van der Waals surface area (Å²) in [5, 5.41) is 9.80. The van der Waals surface area contributed by atoms with E-state index in [2.05, 4.69) is 6.92 Å². The Hall–Kier alpha value is -1.22. The number of rotatable bonds is 3. The molecule has 0 fully saturated rings. The van der Waals surface area contributed by atoms with Gasteiger partial charge in [0, 0.05) is 0 Å². The maximum absolute atomic E-state index is 9.80. The van der Waals surface area contributed by atoms with Gasteiger partial charge in [0.25, 0.3) is 0 Å². The number of phenols is 1. The van der Waals surface area contributed by atoms with Gasteiger partial charge >= 0.3 is 0 Å². The van der Waals surface area contributed by atoms with Crippen LogP contribution in [0.25, 0.3) is 0 Å². The zero-order valence-electron chi connectivity index (χ0n) is 9.79. The Kier molecular flexibility index (Phi) is 3.58. The van der Waals surface area contributed by atoms with Crippen LogP contribution in [0.2, 0.25) is 0 Å². The highest BCUT2D eigenvalue weighted by Gasteiger charge is 2.15. The summed E-state index contributed by atoms with van der Waals surface area (Å²) in [5.74, 6) is 1.02. The van der Waals surface area contributed by atoms with Gasteiger partial charge < -0.3 is 15.6 Å². The molecule has 1 aromatic carbocycles. The van der Waals surface area contributed by atoms with Gasteiger partial charge in [0.2, 0.25) is 0 Å². The molecule has 0 aliphatic heterocycles. The first-order valence-electron chi connectivity index (χ1n) is 5.10. The van der Waals surface area contributed by atoms with E-state index in [-0.39, 0.29) is 11.7 Å². The van der Waals surface area contributed by atoms with Gasteiger partial charge in [-0.2, -0.15) is 0 Å². The molecule has 0 aliphatic carbocycles. The fraction of sp³-hybridized carbons (Fsp3) is 0.500. The Morgan fingerprint density at radius 1 is 1.40 bits per heavy atom. The molecule has 0 heterocycles. The van der Waals surface area contributed by atoms with Gasteiger partial charge in [0.15, 0.2) is 11.5 Å². The van der Waals surface area contributed by atoms with E-state index in [9.17, 15) is 5.11 Å². The molecule has 1 atom stereocenters. The van der Waals surface area contributed by atoms with Crippen molar-refractivity contribution in [1.82, 2.24) is 0 Å². The third-order valence-corrected chi connectivity index (χ3v) is 2.98. The van der Waals surface area contributed by atoms with Crippen molar-refractivity contribution in [2.24, 2.45) is 5.73 Å². The number of nitrogens with two attached hydrogens (primary N) is 1. The van der Waals surface area contributed by atoms with Crippen LogP contribution in [0.5, 0.6) is 11.5 Å². The topological polar surface area (TPSA) is 55.5 Å². The van der Waals surface area contributed by atoms with Crippen molar-refractivity contribution in [2.45, 2.75) is 26.7 Å². The second-order valence-electron chi connectivity index (χ2n) is 3.90. The van der Waals surface area contributed by atoms with Crippen LogP contribution in [0.1, 0.15) is 29.5 Å². The van der Waals surface area contributed by atoms with E-state index >= 15 is 0 Å². The minimum absolute atomic E-state index is 0.225. The van der Waals surface area contributed by atoms with E-state index in [1.165, 1.54) is 0 Å². The van der Waals surface area contributed by atoms with Crippen molar-refractivity contribution in [3.05, 3.63) is 22.8 Å². The first kappa shape index (κ1) is 11.9. The zero-order chi connectivity index (χ0) is 11.6. The standard InChI is InChI=1S/C12H19NO2/c1-7(6-13)10-5-11(15-4)12(14)9(3)8(10)2/h5,7,14H,6,13H2,1-4H3. The minimum atomic E-state index is 0.225. The molecule has 0 saturated carbocycles. The van der Waals surface area contributed by atoms with Gasteiger partial charge in [-0.25, -0.2) is 0 Å². The average Bonchev–Trinajstić information content (AvgIpc) is 2.25. The van der Waals surface area contributed by atoms with Crippen molar-refractivity contribution < 1.29 is 9.84 Å². The quantitative estimate of drug-likeness (QED) is 0.801. The van der Waals surface area contributed by atoms with Crippen molar-refractivity contribution in [3.63, 3.8) is 0 Å². The number of aromatic hydroxyl groups is 1. The lowest BCUT2D eigenvalue weighted by atomic mass is 9.92. The number of ether oxygens (including phenoxy) is 1. The summed E-state index contributed by atoms with van der Waals surface area (Å²) in [5.41, 5.74) is 8.75. The third-order valence-electron chi connectivity index (χ3n) is 2.98. The predicted octanol–water partition coefficient (Wildman–Crippen LogP) is 2.08. The fourth-order valence-electron chi connectivity index (χ4n) is 1.69. The van der Waals surface area contributed by atoms with Crippen LogP contribution >= 0.6 is 0 Å². The first-order valence-corrected chi connectivity index (χ1v) is 5.10. The van der Waals surface area contributed by atoms with Crippen LogP contribution in [0, 0.1) is 13.8 Å². The molecule has 0 radical (unpaired) electrons. The minimum Gasteiger partial charge on any atom is -0.504 e. The van der Waals surface area contributed by atoms with E-state index < -0.39 is 0 Å². The van der Waals surface area contributed by atoms with E-state index in [1.54, 1.807) is 7.11 Å². The summed E-state index contributed by atoms with van der Waals surface area (Å²) < 4.78 is 5.13. The second kappa shape index (κ2) is 4.53. The maximum atomic E-state index is 9.80. The molecular formula is C12H19NO2. The molecule has 0 amide bonds. The van der Waals surface area contributed by atoms with Crippen LogP contribution < -0.4 is 10.5 Å². The molecule has 1 rings (SSSR count). The monoisotopic (exact) mass is 209 g/mol. The smallest absolute Gasteiger partial charge is 0.161 e. The summed E-state index contributed by atoms with van der Waals surface area (Å²) in [4.78, 5) is 0. The Balaban J connectivity index is 3.35. The van der Waals surface area contributed by atoms with E-state index in [1.807, 2.05) is 19.9 Å². The van der Waals surface area contributed by atoms with Gasteiger partial charge in [-0.15, -0.1) is 0 Å². The molecule has 0 aliphatic rings. The summed E-state index contributed by atoms with van der Waals surface area (Å²) in [6.45, 7) is 6.54. The molecule has 84 valence electrons. The lowest BCUT2D eigenvalue weighted by Crippen LogP contribution is -2.11. The molecular weight excluding hydrogens is 190 g/mol. The second-order valence-corrected chi connectivity index (χ2v) is 3.90. The summed E-state index contributed by atoms with van der Waals surface area (Å²) >= 11 is 0. The Morgan fingerprint density at radius 2 is 2.00 bits per heavy atom. The molecule has 15 heavy (non-hydrogen) atoms. The van der Waals surface area contributed by atoms with Crippen LogP contribution in [0.15, 0.2) is 6.07 Å². The van der Waals surface area contributed by atoms with Crippen LogP contribution in [0.4, 0.5) is 0 Å². The Morgan fingerprint density at radius 3 is 2.47 bits per heavy atom. The van der Waals surface area contributed by atoms with Crippen molar-refractivity contribution in [2.75, 3.05) is 13.7 Å². The van der Waals surface area contributed by atoms with Crippen molar-refractivity contribution in [3.8, 4) is 11.5 Å². The maximum Gasteiger partial charge on any atom is 0.161 e. The van der Waals surface area contributed by atoms with Gasteiger partial charge in [-0.3, -0.25) is 0 Å². The van der Waals surface area contributed by atoms with Gasteiger partial charge in [0.1, 0.15) is 0 Å². The Labute approximate surface area is 90.9 Å². The van der Waals surface area contributed by atoms with E-state index in [4.69, 9.17) is 10.5 Å². The average molecular weight is 209 g/mol. The molecule has 3 heteroatoms. The van der Waals surface area contributed by atoms with Gasteiger partial charge in [-0.1, -0.05) is 6.92 Å².